The van der Waals surface area contributed by atoms with Gasteiger partial charge in [0.15, 0.2) is 0 Å². The third-order valence-corrected chi connectivity index (χ3v) is 1.53. The third kappa shape index (κ3) is 1.97. The molecule has 1 atom stereocenters. The third-order valence-electron chi connectivity index (χ3n) is 1.36. The molecule has 1 N–H and O–H groups in total. The van der Waals surface area contributed by atoms with Gasteiger partial charge in [-0.2, -0.15) is 4.98 Å². The van der Waals surface area contributed by atoms with Crippen LogP contribution in [0.5, 0.6) is 0 Å². The van der Waals surface area contributed by atoms with Crippen LogP contribution in [-0.4, -0.2) is 16.7 Å². The second kappa shape index (κ2) is 3.89. The molecule has 0 saturated carbocycles. The summed E-state index contributed by atoms with van der Waals surface area (Å²) < 4.78 is 9.79. The number of ether oxygens (including phenoxy) is 1. The summed E-state index contributed by atoms with van der Waals surface area (Å²) in [5.41, 5.74) is 0.335. The molecule has 12 heavy (non-hydrogen) atoms. The van der Waals surface area contributed by atoms with Gasteiger partial charge in [0.2, 0.25) is 6.29 Å². The number of aryl methyl sites for hydroxylation is 1. The molecule has 0 aromatic carbocycles. The summed E-state index contributed by atoms with van der Waals surface area (Å²) in [5.74, 6) is 0.473. The van der Waals surface area contributed by atoms with Crippen molar-refractivity contribution in [2.45, 2.75) is 20.1 Å². The van der Waals surface area contributed by atoms with Crippen LogP contribution in [0.2, 0.25) is 5.35 Å². The Morgan fingerprint density at radius 3 is 2.83 bits per heavy atom. The van der Waals surface area contributed by atoms with Crippen LogP contribution in [-0.2, 0) is 4.74 Å². The largest absolute Gasteiger partial charge is 0.433 e. The lowest BCUT2D eigenvalue weighted by atomic mass is 10.3. The Morgan fingerprint density at radius 1 is 1.75 bits per heavy atom. The fourth-order valence-corrected chi connectivity index (χ4v) is 1.05. The highest BCUT2D eigenvalue weighted by molar-refractivity contribution is 6.27. The number of halogens is 1. The summed E-state index contributed by atoms with van der Waals surface area (Å²) in [5, 5.41) is 9.33. The van der Waals surface area contributed by atoms with Crippen LogP contribution in [0.15, 0.2) is 4.42 Å². The van der Waals surface area contributed by atoms with Crippen LogP contribution in [0.4, 0.5) is 0 Å². The van der Waals surface area contributed by atoms with Crippen molar-refractivity contribution >= 4 is 11.6 Å². The van der Waals surface area contributed by atoms with E-state index in [0.717, 1.165) is 0 Å². The van der Waals surface area contributed by atoms with Crippen LogP contribution in [0.3, 0.4) is 0 Å². The molecule has 0 bridgehead atoms. The van der Waals surface area contributed by atoms with Gasteiger partial charge in [0, 0.05) is 6.61 Å². The molecule has 0 fully saturated rings. The zero-order valence-corrected chi connectivity index (χ0v) is 7.63. The first-order valence-electron chi connectivity index (χ1n) is 3.57. The molecule has 1 heterocycles. The second-order valence-electron chi connectivity index (χ2n) is 2.22. The zero-order valence-electron chi connectivity index (χ0n) is 6.87. The lowest BCUT2D eigenvalue weighted by Crippen LogP contribution is -2.04. The standard InChI is InChI=1S/C7H10ClNO3/c1-3-11-6(10)5-4(2)12-7(8)9-5/h6,10H,3H2,1-2H3. The van der Waals surface area contributed by atoms with E-state index in [4.69, 9.17) is 20.8 Å². The van der Waals surface area contributed by atoms with Crippen molar-refractivity contribution in [3.05, 3.63) is 16.8 Å². The van der Waals surface area contributed by atoms with Crippen LogP contribution in [0.1, 0.15) is 24.7 Å². The maximum atomic E-state index is 9.31. The highest BCUT2D eigenvalue weighted by Crippen LogP contribution is 2.21. The molecule has 5 heteroatoms. The van der Waals surface area contributed by atoms with E-state index < -0.39 is 6.29 Å². The molecule has 0 radical (unpaired) electrons. The van der Waals surface area contributed by atoms with Crippen molar-refractivity contribution in [1.82, 2.24) is 4.98 Å². The minimum Gasteiger partial charge on any atom is -0.433 e. The lowest BCUT2D eigenvalue weighted by molar-refractivity contribution is -0.101. The van der Waals surface area contributed by atoms with Gasteiger partial charge in [-0.25, -0.2) is 0 Å². The van der Waals surface area contributed by atoms with E-state index in [2.05, 4.69) is 4.98 Å². The summed E-state index contributed by atoms with van der Waals surface area (Å²) in [6.45, 7) is 3.85. The quantitative estimate of drug-likeness (QED) is 0.739. The fourth-order valence-electron chi connectivity index (χ4n) is 0.841. The maximum absolute atomic E-state index is 9.31. The van der Waals surface area contributed by atoms with Gasteiger partial charge >= 0.3 is 0 Å². The first kappa shape index (κ1) is 9.51. The van der Waals surface area contributed by atoms with Gasteiger partial charge in [0.25, 0.3) is 5.35 Å². The van der Waals surface area contributed by atoms with Gasteiger partial charge in [-0.05, 0) is 25.4 Å². The van der Waals surface area contributed by atoms with Gasteiger partial charge in [-0.15, -0.1) is 0 Å². The smallest absolute Gasteiger partial charge is 0.292 e. The first-order chi connectivity index (χ1) is 5.65. The van der Waals surface area contributed by atoms with Crippen molar-refractivity contribution in [2.24, 2.45) is 0 Å². The SMILES string of the molecule is CCOC(O)c1nc(Cl)oc1C. The highest BCUT2D eigenvalue weighted by atomic mass is 35.5. The maximum Gasteiger partial charge on any atom is 0.292 e. The van der Waals surface area contributed by atoms with Gasteiger partial charge in [-0.1, -0.05) is 0 Å². The molecular formula is C7H10ClNO3. The predicted octanol–water partition coefficient (Wildman–Crippen LogP) is 1.66. The first-order valence-corrected chi connectivity index (χ1v) is 3.95. The van der Waals surface area contributed by atoms with Gasteiger partial charge in [-0.3, -0.25) is 0 Å². The van der Waals surface area contributed by atoms with E-state index in [1.807, 2.05) is 0 Å². The Morgan fingerprint density at radius 2 is 2.42 bits per heavy atom. The zero-order chi connectivity index (χ0) is 9.14. The molecule has 0 amide bonds. The van der Waals surface area contributed by atoms with Crippen LogP contribution in [0, 0.1) is 6.92 Å². The Hall–Kier alpha value is -0.580. The average Bonchev–Trinajstić information content (AvgIpc) is 2.30. The summed E-state index contributed by atoms with van der Waals surface area (Å²) in [6, 6.07) is 0. The molecule has 1 rings (SSSR count). The normalized spacial score (nSPS) is 13.3. The van der Waals surface area contributed by atoms with Gasteiger partial charge in [0.05, 0.1) is 0 Å². The highest BCUT2D eigenvalue weighted by Gasteiger charge is 2.16. The number of aliphatic hydroxyl groups is 1. The molecule has 0 aliphatic carbocycles. The number of oxazole rings is 1. The second-order valence-corrected chi connectivity index (χ2v) is 2.54. The topological polar surface area (TPSA) is 55.5 Å². The summed E-state index contributed by atoms with van der Waals surface area (Å²) in [7, 11) is 0. The van der Waals surface area contributed by atoms with Gasteiger partial charge < -0.3 is 14.3 Å². The average molecular weight is 192 g/mol. The Bertz CT molecular complexity index is 261. The number of aromatic nitrogens is 1. The summed E-state index contributed by atoms with van der Waals surface area (Å²) in [6.07, 6.45) is -1.05. The number of nitrogens with zero attached hydrogens (tertiary/aromatic N) is 1. The van der Waals surface area contributed by atoms with E-state index >= 15 is 0 Å². The molecule has 0 aliphatic heterocycles. The van der Waals surface area contributed by atoms with Gasteiger partial charge in [0.1, 0.15) is 11.5 Å². The molecule has 1 unspecified atom stereocenters. The van der Waals surface area contributed by atoms with E-state index in [1.54, 1.807) is 13.8 Å². The summed E-state index contributed by atoms with van der Waals surface area (Å²) >= 11 is 5.47. The lowest BCUT2D eigenvalue weighted by Gasteiger charge is -2.06. The Labute approximate surface area is 75.1 Å². The summed E-state index contributed by atoms with van der Waals surface area (Å²) in [4.78, 5) is 3.75. The number of aliphatic hydroxyl groups excluding tert-OH is 1. The molecule has 4 nitrogen and oxygen atoms in total. The number of hydrogen-bond donors (Lipinski definition) is 1. The predicted molar refractivity (Wildman–Crippen MR) is 42.8 cm³/mol. The van der Waals surface area contributed by atoms with Crippen molar-refractivity contribution in [3.8, 4) is 0 Å². The van der Waals surface area contributed by atoms with Crippen molar-refractivity contribution in [2.75, 3.05) is 6.61 Å². The molecule has 0 spiro atoms. The Balaban J connectivity index is 2.79. The molecule has 1 aromatic heterocycles. The number of hydrogen-bond acceptors (Lipinski definition) is 4. The van der Waals surface area contributed by atoms with E-state index in [-0.39, 0.29) is 5.35 Å². The Kier molecular flexibility index (Phi) is 3.08. The van der Waals surface area contributed by atoms with Crippen LogP contribution >= 0.6 is 11.6 Å². The van der Waals surface area contributed by atoms with E-state index in [9.17, 15) is 5.11 Å². The molecule has 0 saturated heterocycles. The van der Waals surface area contributed by atoms with Crippen LogP contribution in [0.25, 0.3) is 0 Å². The van der Waals surface area contributed by atoms with E-state index in [1.165, 1.54) is 0 Å². The molecular weight excluding hydrogens is 182 g/mol. The van der Waals surface area contributed by atoms with Crippen molar-refractivity contribution in [1.29, 1.82) is 0 Å². The van der Waals surface area contributed by atoms with Crippen molar-refractivity contribution in [3.63, 3.8) is 0 Å². The molecule has 68 valence electrons. The fraction of sp³-hybridized carbons (Fsp3) is 0.571. The molecule has 0 aliphatic rings. The minimum absolute atomic E-state index is 0.0150. The van der Waals surface area contributed by atoms with E-state index in [0.29, 0.717) is 18.1 Å². The monoisotopic (exact) mass is 191 g/mol. The number of rotatable bonds is 3. The minimum atomic E-state index is -1.05. The van der Waals surface area contributed by atoms with Crippen LogP contribution < -0.4 is 0 Å². The molecule has 1 aromatic rings. The van der Waals surface area contributed by atoms with Crippen molar-refractivity contribution < 1.29 is 14.3 Å².